The second-order valence-corrected chi connectivity index (χ2v) is 8.13. The monoisotopic (exact) mass is 399 g/mol. The summed E-state index contributed by atoms with van der Waals surface area (Å²) in [6.45, 7) is 4.82. The zero-order valence-corrected chi connectivity index (χ0v) is 17.8. The van der Waals surface area contributed by atoms with Crippen molar-refractivity contribution in [3.63, 3.8) is 0 Å². The van der Waals surface area contributed by atoms with Gasteiger partial charge in [-0.2, -0.15) is 0 Å². The summed E-state index contributed by atoms with van der Waals surface area (Å²) in [6.07, 6.45) is 13.7. The lowest BCUT2D eigenvalue weighted by atomic mass is 9.97. The number of aromatic nitrogens is 2. The molecule has 1 N–H and O–H groups in total. The smallest absolute Gasteiger partial charge is 0.244 e. The molecule has 1 aliphatic rings. The van der Waals surface area contributed by atoms with Crippen molar-refractivity contribution in [2.75, 3.05) is 6.54 Å². The highest BCUT2D eigenvalue weighted by Gasteiger charge is 2.12. The van der Waals surface area contributed by atoms with Crippen LogP contribution in [0.25, 0.3) is 23.0 Å². The number of fused-ring (bicyclic) bond motifs is 1. The Morgan fingerprint density at radius 2 is 1.97 bits per heavy atom. The average molecular weight is 400 g/mol. The number of nitrogens with zero attached hydrogens (tertiary/aromatic N) is 2. The second-order valence-electron chi connectivity index (χ2n) is 8.13. The van der Waals surface area contributed by atoms with Crippen molar-refractivity contribution in [2.45, 2.75) is 46.0 Å². The molecule has 0 saturated heterocycles. The van der Waals surface area contributed by atoms with Crippen LogP contribution in [0.4, 0.5) is 0 Å². The topological polar surface area (TPSA) is 46.4 Å². The normalized spacial score (nSPS) is 14.3. The van der Waals surface area contributed by atoms with E-state index in [0.29, 0.717) is 6.54 Å². The van der Waals surface area contributed by atoms with Crippen LogP contribution in [-0.4, -0.2) is 21.8 Å². The molecule has 1 aromatic carbocycles. The number of hydrogen-bond acceptors (Lipinski definition) is 2. The molecule has 0 fully saturated rings. The summed E-state index contributed by atoms with van der Waals surface area (Å²) in [5.41, 5.74) is 7.58. The van der Waals surface area contributed by atoms with Crippen molar-refractivity contribution in [1.29, 1.82) is 0 Å². The van der Waals surface area contributed by atoms with Crippen LogP contribution in [0.1, 0.15) is 48.9 Å². The molecule has 4 rings (SSSR count). The minimum atomic E-state index is -0.0664. The van der Waals surface area contributed by atoms with Gasteiger partial charge in [0.05, 0.1) is 11.4 Å². The van der Waals surface area contributed by atoms with E-state index in [2.05, 4.69) is 61.6 Å². The van der Waals surface area contributed by atoms with Crippen LogP contribution in [0.15, 0.2) is 60.3 Å². The van der Waals surface area contributed by atoms with Crippen LogP contribution in [0, 0.1) is 13.8 Å². The number of allylic oxidation sites excluding steroid dienone is 1. The summed E-state index contributed by atoms with van der Waals surface area (Å²) in [5.74, 6) is -0.0664. The number of hydrogen-bond donors (Lipinski definition) is 1. The maximum atomic E-state index is 12.4. The summed E-state index contributed by atoms with van der Waals surface area (Å²) in [7, 11) is 0. The summed E-state index contributed by atoms with van der Waals surface area (Å²) in [4.78, 5) is 17.3. The van der Waals surface area contributed by atoms with Crippen molar-refractivity contribution in [2.24, 2.45) is 0 Å². The van der Waals surface area contributed by atoms with E-state index in [-0.39, 0.29) is 5.91 Å². The Bertz CT molecular complexity index is 1100. The maximum absolute atomic E-state index is 12.4. The number of carbonyl (C=O) groups is 1. The summed E-state index contributed by atoms with van der Waals surface area (Å²) in [5, 5.41) is 3.02. The van der Waals surface area contributed by atoms with E-state index in [1.807, 2.05) is 16.7 Å². The quantitative estimate of drug-likeness (QED) is 0.431. The molecular weight excluding hydrogens is 370 g/mol. The van der Waals surface area contributed by atoms with E-state index in [4.69, 9.17) is 4.98 Å². The first-order valence-corrected chi connectivity index (χ1v) is 10.8. The van der Waals surface area contributed by atoms with Gasteiger partial charge in [-0.3, -0.25) is 9.20 Å². The fraction of sp³-hybridized carbons (Fsp3) is 0.308. The lowest BCUT2D eigenvalue weighted by molar-refractivity contribution is -0.116. The van der Waals surface area contributed by atoms with E-state index < -0.39 is 0 Å². The molecule has 3 aromatic rings. The molecule has 0 bridgehead atoms. The molecule has 1 amide bonds. The SMILES string of the molecule is Cc1ccc(-c2nc3cc(C)ccn3c2/C=C/C(=O)NCCC2=CCCCC2)cc1. The molecule has 1 aliphatic carbocycles. The largest absolute Gasteiger partial charge is 0.352 e. The van der Waals surface area contributed by atoms with E-state index >= 15 is 0 Å². The molecule has 0 aliphatic heterocycles. The van der Waals surface area contributed by atoms with Crippen molar-refractivity contribution < 1.29 is 4.79 Å². The third kappa shape index (κ3) is 4.70. The van der Waals surface area contributed by atoms with Gasteiger partial charge in [0.15, 0.2) is 0 Å². The Hall–Kier alpha value is -3.14. The zero-order valence-electron chi connectivity index (χ0n) is 17.8. The van der Waals surface area contributed by atoms with Crippen LogP contribution in [0.2, 0.25) is 0 Å². The number of amides is 1. The molecule has 30 heavy (non-hydrogen) atoms. The Morgan fingerprint density at radius 1 is 1.13 bits per heavy atom. The van der Waals surface area contributed by atoms with Crippen LogP contribution >= 0.6 is 0 Å². The van der Waals surface area contributed by atoms with Gasteiger partial charge in [0.25, 0.3) is 0 Å². The number of benzene rings is 1. The highest BCUT2D eigenvalue weighted by Crippen LogP contribution is 2.26. The molecule has 2 aromatic heterocycles. The van der Waals surface area contributed by atoms with Gasteiger partial charge in [0.1, 0.15) is 5.65 Å². The first kappa shape index (κ1) is 20.1. The molecule has 154 valence electrons. The van der Waals surface area contributed by atoms with E-state index in [1.165, 1.54) is 36.8 Å². The fourth-order valence-electron chi connectivity index (χ4n) is 3.94. The highest BCUT2D eigenvalue weighted by atomic mass is 16.1. The first-order valence-electron chi connectivity index (χ1n) is 10.8. The van der Waals surface area contributed by atoms with Crippen molar-refractivity contribution in [3.8, 4) is 11.3 Å². The maximum Gasteiger partial charge on any atom is 0.244 e. The third-order valence-corrected chi connectivity index (χ3v) is 5.67. The van der Waals surface area contributed by atoms with E-state index in [1.54, 1.807) is 6.08 Å². The molecule has 0 saturated carbocycles. The van der Waals surface area contributed by atoms with Crippen LogP contribution < -0.4 is 5.32 Å². The van der Waals surface area contributed by atoms with Crippen LogP contribution in [0.3, 0.4) is 0 Å². The zero-order chi connectivity index (χ0) is 20.9. The number of nitrogens with one attached hydrogen (secondary N) is 1. The Balaban J connectivity index is 1.54. The predicted octanol–water partition coefficient (Wildman–Crippen LogP) is 5.64. The van der Waals surface area contributed by atoms with Gasteiger partial charge in [0, 0.05) is 24.4 Å². The lowest BCUT2D eigenvalue weighted by Gasteiger charge is -2.12. The molecule has 2 heterocycles. The van der Waals surface area contributed by atoms with Gasteiger partial charge < -0.3 is 5.32 Å². The van der Waals surface area contributed by atoms with E-state index in [0.717, 1.165) is 34.6 Å². The van der Waals surface area contributed by atoms with Crippen LogP contribution in [-0.2, 0) is 4.79 Å². The Kier molecular flexibility index (Phi) is 6.12. The van der Waals surface area contributed by atoms with Crippen molar-refractivity contribution in [3.05, 3.63) is 77.1 Å². The first-order chi connectivity index (χ1) is 14.6. The minimum Gasteiger partial charge on any atom is -0.352 e. The van der Waals surface area contributed by atoms with Crippen LogP contribution in [0.5, 0.6) is 0 Å². The Morgan fingerprint density at radius 3 is 2.73 bits per heavy atom. The molecule has 0 atom stereocenters. The summed E-state index contributed by atoms with van der Waals surface area (Å²) < 4.78 is 2.04. The molecule has 0 unspecified atom stereocenters. The molecule has 0 radical (unpaired) electrons. The lowest BCUT2D eigenvalue weighted by Crippen LogP contribution is -2.22. The van der Waals surface area contributed by atoms with Gasteiger partial charge in [0.2, 0.25) is 5.91 Å². The van der Waals surface area contributed by atoms with Crippen molar-refractivity contribution >= 4 is 17.6 Å². The Labute approximate surface area is 178 Å². The molecule has 4 nitrogen and oxygen atoms in total. The number of carbonyl (C=O) groups excluding carboxylic acids is 1. The van der Waals surface area contributed by atoms with Crippen molar-refractivity contribution in [1.82, 2.24) is 14.7 Å². The van der Waals surface area contributed by atoms with E-state index in [9.17, 15) is 4.79 Å². The van der Waals surface area contributed by atoms with Gasteiger partial charge in [-0.25, -0.2) is 4.98 Å². The molecule has 0 spiro atoms. The summed E-state index contributed by atoms with van der Waals surface area (Å²) >= 11 is 0. The second kappa shape index (κ2) is 9.12. The number of pyridine rings is 1. The molecule has 4 heteroatoms. The minimum absolute atomic E-state index is 0.0664. The van der Waals surface area contributed by atoms with Gasteiger partial charge >= 0.3 is 0 Å². The fourth-order valence-corrected chi connectivity index (χ4v) is 3.94. The number of aryl methyl sites for hydroxylation is 2. The average Bonchev–Trinajstić information content (AvgIpc) is 3.11. The number of imidazole rings is 1. The third-order valence-electron chi connectivity index (χ3n) is 5.67. The molecular formula is C26H29N3O. The standard InChI is InChI=1S/C26H29N3O/c1-19-8-10-22(11-9-19)26-23(29-17-15-20(2)18-24(29)28-26)12-13-25(30)27-16-14-21-6-4-3-5-7-21/h6,8-13,15,17-18H,3-5,7,14,16H2,1-2H3,(H,27,30)/b13-12+. The van der Waals surface area contributed by atoms with Gasteiger partial charge in [-0.1, -0.05) is 41.5 Å². The van der Waals surface area contributed by atoms with Gasteiger partial charge in [-0.05, 0) is 69.7 Å². The predicted molar refractivity (Wildman–Crippen MR) is 123 cm³/mol. The highest BCUT2D eigenvalue weighted by molar-refractivity contribution is 5.92. The van der Waals surface area contributed by atoms with Gasteiger partial charge in [-0.15, -0.1) is 0 Å². The number of rotatable bonds is 6. The summed E-state index contributed by atoms with van der Waals surface area (Å²) in [6, 6.07) is 12.5.